The lowest BCUT2D eigenvalue weighted by Crippen LogP contribution is -2.34. The number of benzene rings is 2. The Morgan fingerprint density at radius 3 is 1.62 bits per heavy atom. The van der Waals surface area contributed by atoms with E-state index in [0.29, 0.717) is 52.9 Å². The number of halogens is 1. The van der Waals surface area contributed by atoms with E-state index in [1.807, 2.05) is 81.5 Å². The predicted octanol–water partition coefficient (Wildman–Crippen LogP) is 5.64. The van der Waals surface area contributed by atoms with Gasteiger partial charge in [-0.25, -0.2) is 9.18 Å². The number of alkyl halides is 1. The maximum atomic E-state index is 12.2. The van der Waals surface area contributed by atoms with E-state index in [1.165, 1.54) is 4.90 Å². The third-order valence-electron chi connectivity index (χ3n) is 5.13. The molecule has 0 atom stereocenters. The van der Waals surface area contributed by atoms with Crippen LogP contribution in [-0.4, -0.2) is 84.9 Å². The Morgan fingerprint density at radius 1 is 0.718 bits per heavy atom. The molecule has 0 fully saturated rings. The SMILES string of the molecule is CN(C(=O)OC(C)(C)C)c1ccc(C=Cc2ccc(OCCOCCOCCOCCOCCF)cc2)cc1. The van der Waals surface area contributed by atoms with Gasteiger partial charge in [0.15, 0.2) is 0 Å². The van der Waals surface area contributed by atoms with Gasteiger partial charge in [-0.2, -0.15) is 0 Å². The quantitative estimate of drug-likeness (QED) is 0.177. The van der Waals surface area contributed by atoms with Crippen molar-refractivity contribution in [1.29, 1.82) is 0 Å². The molecular formula is C30H42FNO7. The van der Waals surface area contributed by atoms with Gasteiger partial charge in [0, 0.05) is 12.7 Å². The van der Waals surface area contributed by atoms with Crippen molar-refractivity contribution in [3.63, 3.8) is 0 Å². The van der Waals surface area contributed by atoms with Crippen molar-refractivity contribution < 1.29 is 37.6 Å². The van der Waals surface area contributed by atoms with Gasteiger partial charge in [-0.1, -0.05) is 36.4 Å². The molecule has 0 unspecified atom stereocenters. The number of hydrogen-bond acceptors (Lipinski definition) is 7. The van der Waals surface area contributed by atoms with E-state index in [1.54, 1.807) is 7.05 Å². The predicted molar refractivity (Wildman–Crippen MR) is 151 cm³/mol. The van der Waals surface area contributed by atoms with Gasteiger partial charge in [-0.3, -0.25) is 4.90 Å². The molecule has 216 valence electrons. The van der Waals surface area contributed by atoms with Gasteiger partial charge in [0.1, 0.15) is 24.6 Å². The largest absolute Gasteiger partial charge is 0.491 e. The second-order valence-corrected chi connectivity index (χ2v) is 9.52. The molecule has 1 amide bonds. The Morgan fingerprint density at radius 2 is 1.15 bits per heavy atom. The fourth-order valence-corrected chi connectivity index (χ4v) is 3.15. The van der Waals surface area contributed by atoms with Gasteiger partial charge in [-0.05, 0) is 56.2 Å². The van der Waals surface area contributed by atoms with Crippen LogP contribution >= 0.6 is 0 Å². The summed E-state index contributed by atoms with van der Waals surface area (Å²) >= 11 is 0. The second-order valence-electron chi connectivity index (χ2n) is 9.52. The van der Waals surface area contributed by atoms with Gasteiger partial charge in [0.25, 0.3) is 0 Å². The smallest absolute Gasteiger partial charge is 0.414 e. The molecule has 39 heavy (non-hydrogen) atoms. The summed E-state index contributed by atoms with van der Waals surface area (Å²) in [5.41, 5.74) is 2.29. The van der Waals surface area contributed by atoms with E-state index in [4.69, 9.17) is 28.4 Å². The van der Waals surface area contributed by atoms with Gasteiger partial charge < -0.3 is 28.4 Å². The van der Waals surface area contributed by atoms with E-state index in [-0.39, 0.29) is 12.7 Å². The molecule has 0 heterocycles. The van der Waals surface area contributed by atoms with Crippen LogP contribution in [0.4, 0.5) is 14.9 Å². The molecule has 2 rings (SSSR count). The number of amides is 1. The highest BCUT2D eigenvalue weighted by atomic mass is 19.1. The second kappa shape index (κ2) is 18.3. The van der Waals surface area contributed by atoms with Crippen molar-refractivity contribution in [2.75, 3.05) is 78.1 Å². The Labute approximate surface area is 231 Å². The Balaban J connectivity index is 1.59. The molecule has 8 nitrogen and oxygen atoms in total. The van der Waals surface area contributed by atoms with Crippen molar-refractivity contribution in [1.82, 2.24) is 0 Å². The number of carbonyl (C=O) groups is 1. The van der Waals surface area contributed by atoms with E-state index >= 15 is 0 Å². The normalized spacial score (nSPS) is 11.6. The summed E-state index contributed by atoms with van der Waals surface area (Å²) in [6.45, 7) is 8.79. The highest BCUT2D eigenvalue weighted by Gasteiger charge is 2.20. The van der Waals surface area contributed by atoms with Crippen LogP contribution in [0.2, 0.25) is 0 Å². The summed E-state index contributed by atoms with van der Waals surface area (Å²) < 4.78 is 44.2. The molecule has 0 saturated heterocycles. The zero-order chi connectivity index (χ0) is 28.3. The Bertz CT molecular complexity index is 959. The van der Waals surface area contributed by atoms with Crippen molar-refractivity contribution in [2.24, 2.45) is 0 Å². The van der Waals surface area contributed by atoms with Crippen molar-refractivity contribution in [2.45, 2.75) is 26.4 Å². The van der Waals surface area contributed by atoms with Gasteiger partial charge in [-0.15, -0.1) is 0 Å². The standard InChI is InChI=1S/C30H42FNO7/c1-30(2,3)39-29(33)32(4)27-11-7-25(8-12-27)5-6-26-9-13-28(14-10-26)38-24-23-37-22-21-36-20-19-35-18-17-34-16-15-31/h5-14H,15-24H2,1-4H3. The number of rotatable bonds is 18. The van der Waals surface area contributed by atoms with E-state index < -0.39 is 12.3 Å². The lowest BCUT2D eigenvalue weighted by atomic mass is 10.1. The third-order valence-corrected chi connectivity index (χ3v) is 5.13. The van der Waals surface area contributed by atoms with E-state index in [0.717, 1.165) is 22.6 Å². The molecule has 0 saturated carbocycles. The minimum absolute atomic E-state index is 0.110. The summed E-state index contributed by atoms with van der Waals surface area (Å²) in [5.74, 6) is 0.772. The first-order valence-corrected chi connectivity index (χ1v) is 13.1. The first-order chi connectivity index (χ1) is 18.8. The monoisotopic (exact) mass is 547 g/mol. The van der Waals surface area contributed by atoms with Crippen LogP contribution in [0.15, 0.2) is 48.5 Å². The summed E-state index contributed by atoms with van der Waals surface area (Å²) in [6.07, 6.45) is 3.64. The molecule has 0 spiro atoms. The average molecular weight is 548 g/mol. The number of hydrogen-bond donors (Lipinski definition) is 0. The molecule has 9 heteroatoms. The molecule has 0 bridgehead atoms. The lowest BCUT2D eigenvalue weighted by Gasteiger charge is -2.24. The third kappa shape index (κ3) is 14.7. The summed E-state index contributed by atoms with van der Waals surface area (Å²) in [5, 5.41) is 0. The summed E-state index contributed by atoms with van der Waals surface area (Å²) in [6, 6.07) is 15.5. The molecule has 0 N–H and O–H groups in total. The first-order valence-electron chi connectivity index (χ1n) is 13.1. The van der Waals surface area contributed by atoms with E-state index in [2.05, 4.69) is 0 Å². The van der Waals surface area contributed by atoms with Crippen LogP contribution in [-0.2, 0) is 23.7 Å². The molecule has 0 aliphatic carbocycles. The number of anilines is 1. The fourth-order valence-electron chi connectivity index (χ4n) is 3.15. The van der Waals surface area contributed by atoms with Crippen molar-refractivity contribution in [3.05, 3.63) is 59.7 Å². The molecular weight excluding hydrogens is 505 g/mol. The maximum Gasteiger partial charge on any atom is 0.414 e. The molecule has 2 aromatic carbocycles. The highest BCUT2D eigenvalue weighted by Crippen LogP contribution is 2.19. The van der Waals surface area contributed by atoms with Crippen LogP contribution in [0.5, 0.6) is 5.75 Å². The topological polar surface area (TPSA) is 75.7 Å². The zero-order valence-corrected chi connectivity index (χ0v) is 23.5. The average Bonchev–Trinajstić information content (AvgIpc) is 2.91. The summed E-state index contributed by atoms with van der Waals surface area (Å²) in [4.78, 5) is 13.7. The van der Waals surface area contributed by atoms with E-state index in [9.17, 15) is 9.18 Å². The molecule has 2 aromatic rings. The highest BCUT2D eigenvalue weighted by molar-refractivity contribution is 5.87. The maximum absolute atomic E-state index is 12.2. The molecule has 0 aromatic heterocycles. The van der Waals surface area contributed by atoms with Crippen molar-refractivity contribution in [3.8, 4) is 5.75 Å². The van der Waals surface area contributed by atoms with Crippen LogP contribution in [0, 0.1) is 0 Å². The number of nitrogens with zero attached hydrogens (tertiary/aromatic N) is 1. The fraction of sp³-hybridized carbons (Fsp3) is 0.500. The van der Waals surface area contributed by atoms with Crippen LogP contribution in [0.3, 0.4) is 0 Å². The lowest BCUT2D eigenvalue weighted by molar-refractivity contribution is -0.00557. The zero-order valence-electron chi connectivity index (χ0n) is 23.5. The molecule has 0 aliphatic heterocycles. The summed E-state index contributed by atoms with van der Waals surface area (Å²) in [7, 11) is 1.70. The van der Waals surface area contributed by atoms with Crippen LogP contribution in [0.1, 0.15) is 31.9 Å². The van der Waals surface area contributed by atoms with Gasteiger partial charge in [0.2, 0.25) is 0 Å². The number of carbonyl (C=O) groups excluding carboxylic acids is 1. The van der Waals surface area contributed by atoms with Gasteiger partial charge in [0.05, 0.1) is 52.9 Å². The minimum atomic E-state index is -0.537. The Hall–Kier alpha value is -2.98. The van der Waals surface area contributed by atoms with Crippen LogP contribution in [0.25, 0.3) is 12.2 Å². The minimum Gasteiger partial charge on any atom is -0.491 e. The Kier molecular flexibility index (Phi) is 15.2. The van der Waals surface area contributed by atoms with Crippen LogP contribution < -0.4 is 9.64 Å². The molecule has 0 radical (unpaired) electrons. The van der Waals surface area contributed by atoms with Gasteiger partial charge >= 0.3 is 6.09 Å². The van der Waals surface area contributed by atoms with Crippen molar-refractivity contribution >= 4 is 23.9 Å². The first kappa shape index (κ1) is 32.2. The molecule has 0 aliphatic rings. The number of ether oxygens (including phenoxy) is 6.